The minimum atomic E-state index is -4.52. The van der Waals surface area contributed by atoms with Crippen LogP contribution in [0.5, 0.6) is 11.5 Å². The Morgan fingerprint density at radius 2 is 1.72 bits per heavy atom. The average Bonchev–Trinajstić information content (AvgIpc) is 2.54. The molecule has 25 heavy (non-hydrogen) atoms. The number of halogens is 3. The Hall–Kier alpha value is -2.66. The van der Waals surface area contributed by atoms with E-state index in [-0.39, 0.29) is 16.4 Å². The Kier molecular flexibility index (Phi) is 4.99. The van der Waals surface area contributed by atoms with Gasteiger partial charge in [0.15, 0.2) is 0 Å². The predicted molar refractivity (Wildman–Crippen MR) is 80.9 cm³/mol. The van der Waals surface area contributed by atoms with E-state index in [0.29, 0.717) is 0 Å². The Labute approximate surface area is 140 Å². The normalized spacial score (nSPS) is 12.0. The predicted octanol–water partition coefficient (Wildman–Crippen LogP) is 3.31. The number of nitro groups is 1. The molecule has 2 aromatic rings. The molecule has 7 nitrogen and oxygen atoms in total. The number of alkyl halides is 3. The molecule has 2 rings (SSSR count). The fraction of sp³-hybridized carbons (Fsp3) is 0.143. The largest absolute Gasteiger partial charge is 0.450 e. The van der Waals surface area contributed by atoms with Gasteiger partial charge in [0.25, 0.3) is 0 Å². The minimum absolute atomic E-state index is 0.0691. The van der Waals surface area contributed by atoms with Gasteiger partial charge < -0.3 is 4.74 Å². The molecule has 134 valence electrons. The van der Waals surface area contributed by atoms with Gasteiger partial charge in [-0.15, -0.1) is 0 Å². The zero-order chi connectivity index (χ0) is 18.8. The number of benzene rings is 2. The van der Waals surface area contributed by atoms with Gasteiger partial charge in [-0.3, -0.25) is 10.1 Å². The first-order valence-corrected chi connectivity index (χ1v) is 8.10. The molecule has 0 aromatic heterocycles. The number of nitro benzene ring substituents is 1. The van der Waals surface area contributed by atoms with Crippen molar-refractivity contribution in [3.63, 3.8) is 0 Å². The molecule has 0 aliphatic carbocycles. The van der Waals surface area contributed by atoms with Crippen molar-refractivity contribution in [2.75, 3.05) is 7.05 Å². The quantitative estimate of drug-likeness (QED) is 0.638. The molecule has 0 heterocycles. The standard InChI is InChI=1S/C14H11F3N2O5S/c1-18-25(22,23)11-6-7-13(12(8-11)19(20)21)24-10-4-2-9(3-5-10)14(15,16)17/h2-8,18H,1H3. The highest BCUT2D eigenvalue weighted by atomic mass is 32.2. The highest BCUT2D eigenvalue weighted by Crippen LogP contribution is 2.35. The summed E-state index contributed by atoms with van der Waals surface area (Å²) in [6, 6.07) is 6.47. The fourth-order valence-corrected chi connectivity index (χ4v) is 2.60. The fourth-order valence-electron chi connectivity index (χ4n) is 1.85. The van der Waals surface area contributed by atoms with Crippen LogP contribution >= 0.6 is 0 Å². The van der Waals surface area contributed by atoms with Crippen molar-refractivity contribution in [1.82, 2.24) is 4.72 Å². The zero-order valence-electron chi connectivity index (χ0n) is 12.6. The van der Waals surface area contributed by atoms with Gasteiger partial charge in [-0.05, 0) is 43.4 Å². The van der Waals surface area contributed by atoms with Gasteiger partial charge in [-0.2, -0.15) is 13.2 Å². The number of nitrogens with zero attached hydrogens (tertiary/aromatic N) is 1. The summed E-state index contributed by atoms with van der Waals surface area (Å²) in [5.74, 6) is -0.375. The van der Waals surface area contributed by atoms with Gasteiger partial charge in [0.1, 0.15) is 5.75 Å². The number of rotatable bonds is 5. The number of hydrogen-bond donors (Lipinski definition) is 1. The molecule has 0 atom stereocenters. The second-order valence-electron chi connectivity index (χ2n) is 4.72. The third kappa shape index (κ3) is 4.25. The molecule has 0 aliphatic rings. The van der Waals surface area contributed by atoms with E-state index >= 15 is 0 Å². The van der Waals surface area contributed by atoms with E-state index in [1.54, 1.807) is 0 Å². The molecule has 0 spiro atoms. The summed E-state index contributed by atoms with van der Waals surface area (Å²) in [5, 5.41) is 11.1. The van der Waals surface area contributed by atoms with Gasteiger partial charge in [-0.25, -0.2) is 13.1 Å². The Bertz CT molecular complexity index is 896. The van der Waals surface area contributed by atoms with Crippen molar-refractivity contribution in [2.24, 2.45) is 0 Å². The first-order chi connectivity index (χ1) is 11.5. The smallest absolute Gasteiger partial charge is 0.416 e. The highest BCUT2D eigenvalue weighted by Gasteiger charge is 2.30. The van der Waals surface area contributed by atoms with Crippen LogP contribution in [0.2, 0.25) is 0 Å². The lowest BCUT2D eigenvalue weighted by molar-refractivity contribution is -0.385. The Morgan fingerprint density at radius 3 is 2.20 bits per heavy atom. The van der Waals surface area contributed by atoms with E-state index in [1.165, 1.54) is 0 Å². The second kappa shape index (κ2) is 6.69. The molecule has 0 aliphatic heterocycles. The molecule has 0 bridgehead atoms. The molecule has 0 saturated carbocycles. The molecule has 0 amide bonds. The van der Waals surface area contributed by atoms with E-state index in [2.05, 4.69) is 0 Å². The SMILES string of the molecule is CNS(=O)(=O)c1ccc(Oc2ccc(C(F)(F)F)cc2)c([N+](=O)[O-])c1. The Morgan fingerprint density at radius 1 is 1.12 bits per heavy atom. The summed E-state index contributed by atoms with van der Waals surface area (Å²) in [5.41, 5.74) is -1.54. The number of nitrogens with one attached hydrogen (secondary N) is 1. The summed E-state index contributed by atoms with van der Waals surface area (Å²) >= 11 is 0. The van der Waals surface area contributed by atoms with Crippen molar-refractivity contribution < 1.29 is 31.2 Å². The molecule has 0 unspecified atom stereocenters. The molecular weight excluding hydrogens is 365 g/mol. The monoisotopic (exact) mass is 376 g/mol. The number of sulfonamides is 1. The van der Waals surface area contributed by atoms with Crippen LogP contribution in [0.4, 0.5) is 18.9 Å². The maximum absolute atomic E-state index is 12.5. The van der Waals surface area contributed by atoms with E-state index in [1.807, 2.05) is 4.72 Å². The van der Waals surface area contributed by atoms with Crippen LogP contribution < -0.4 is 9.46 Å². The summed E-state index contributed by atoms with van der Waals surface area (Å²) in [4.78, 5) is 9.93. The molecule has 2 aromatic carbocycles. The first-order valence-electron chi connectivity index (χ1n) is 6.61. The highest BCUT2D eigenvalue weighted by molar-refractivity contribution is 7.89. The van der Waals surface area contributed by atoms with Crippen LogP contribution in [0.3, 0.4) is 0 Å². The summed E-state index contributed by atoms with van der Waals surface area (Å²) in [7, 11) is -2.75. The van der Waals surface area contributed by atoms with Crippen LogP contribution in [-0.2, 0) is 16.2 Å². The van der Waals surface area contributed by atoms with Crippen LogP contribution in [0.1, 0.15) is 5.56 Å². The van der Waals surface area contributed by atoms with Crippen LogP contribution in [0.25, 0.3) is 0 Å². The van der Waals surface area contributed by atoms with Crippen LogP contribution in [-0.4, -0.2) is 20.4 Å². The minimum Gasteiger partial charge on any atom is -0.450 e. The van der Waals surface area contributed by atoms with Crippen molar-refractivity contribution in [1.29, 1.82) is 0 Å². The molecule has 0 radical (unpaired) electrons. The Balaban J connectivity index is 2.38. The third-order valence-corrected chi connectivity index (χ3v) is 4.53. The van der Waals surface area contributed by atoms with E-state index in [9.17, 15) is 31.7 Å². The summed E-state index contributed by atoms with van der Waals surface area (Å²) in [6.45, 7) is 0. The van der Waals surface area contributed by atoms with Crippen molar-refractivity contribution in [3.05, 3.63) is 58.1 Å². The van der Waals surface area contributed by atoms with E-state index < -0.39 is 32.4 Å². The maximum Gasteiger partial charge on any atom is 0.416 e. The second-order valence-corrected chi connectivity index (χ2v) is 6.60. The lowest BCUT2D eigenvalue weighted by Gasteiger charge is -2.10. The van der Waals surface area contributed by atoms with Gasteiger partial charge >= 0.3 is 11.9 Å². The lowest BCUT2D eigenvalue weighted by Crippen LogP contribution is -2.18. The van der Waals surface area contributed by atoms with Crippen molar-refractivity contribution >= 4 is 15.7 Å². The lowest BCUT2D eigenvalue weighted by atomic mass is 10.2. The number of hydrogen-bond acceptors (Lipinski definition) is 5. The topological polar surface area (TPSA) is 98.5 Å². The van der Waals surface area contributed by atoms with Crippen LogP contribution in [0, 0.1) is 10.1 Å². The number of ether oxygens (including phenoxy) is 1. The summed E-state index contributed by atoms with van der Waals surface area (Å²) < 4.78 is 68.2. The van der Waals surface area contributed by atoms with E-state index in [4.69, 9.17) is 4.74 Å². The first kappa shape index (κ1) is 18.7. The van der Waals surface area contributed by atoms with Gasteiger partial charge in [0, 0.05) is 6.07 Å². The van der Waals surface area contributed by atoms with Crippen molar-refractivity contribution in [3.8, 4) is 11.5 Å². The maximum atomic E-state index is 12.5. The molecule has 0 fully saturated rings. The van der Waals surface area contributed by atoms with E-state index in [0.717, 1.165) is 49.5 Å². The third-order valence-electron chi connectivity index (χ3n) is 3.12. The molecule has 0 saturated heterocycles. The van der Waals surface area contributed by atoms with Crippen molar-refractivity contribution in [2.45, 2.75) is 11.1 Å². The zero-order valence-corrected chi connectivity index (χ0v) is 13.4. The summed E-state index contributed by atoms with van der Waals surface area (Å²) in [6.07, 6.45) is -4.52. The molecular formula is C14H11F3N2O5S. The van der Waals surface area contributed by atoms with Gasteiger partial charge in [0.2, 0.25) is 15.8 Å². The molecule has 11 heteroatoms. The van der Waals surface area contributed by atoms with Gasteiger partial charge in [0.05, 0.1) is 15.4 Å². The average molecular weight is 376 g/mol. The van der Waals surface area contributed by atoms with Crippen LogP contribution in [0.15, 0.2) is 47.4 Å². The molecule has 1 N–H and O–H groups in total. The van der Waals surface area contributed by atoms with Gasteiger partial charge in [-0.1, -0.05) is 0 Å².